The summed E-state index contributed by atoms with van der Waals surface area (Å²) in [5.74, 6) is -0.238. The first kappa shape index (κ1) is 12.5. The van der Waals surface area contributed by atoms with Crippen LogP contribution in [0.25, 0.3) is 0 Å². The van der Waals surface area contributed by atoms with Crippen LogP contribution >= 0.6 is 0 Å². The lowest BCUT2D eigenvalue weighted by molar-refractivity contribution is 0.0525. The van der Waals surface area contributed by atoms with Gasteiger partial charge in [0.2, 0.25) is 0 Å². The molecule has 1 aromatic rings. The summed E-state index contributed by atoms with van der Waals surface area (Å²) in [6.07, 6.45) is -0.460. The van der Waals surface area contributed by atoms with E-state index in [9.17, 15) is 9.50 Å². The number of benzene rings is 1. The van der Waals surface area contributed by atoms with Gasteiger partial charge >= 0.3 is 0 Å². The van der Waals surface area contributed by atoms with E-state index >= 15 is 0 Å². The van der Waals surface area contributed by atoms with E-state index < -0.39 is 6.10 Å². The fourth-order valence-corrected chi connectivity index (χ4v) is 2.41. The number of halogens is 1. The quantitative estimate of drug-likeness (QED) is 0.829. The molecule has 0 spiro atoms. The predicted octanol–water partition coefficient (Wildman–Crippen LogP) is 1.15. The molecule has 2 rings (SSSR count). The molecule has 0 aliphatic carbocycles. The molecule has 1 aromatic carbocycles. The maximum absolute atomic E-state index is 12.9. The van der Waals surface area contributed by atoms with E-state index in [2.05, 4.69) is 10.2 Å². The molecular weight excluding hydrogens is 219 g/mol. The van der Waals surface area contributed by atoms with Crippen LogP contribution in [0.3, 0.4) is 0 Å². The molecule has 1 aliphatic rings. The van der Waals surface area contributed by atoms with Crippen molar-refractivity contribution in [2.24, 2.45) is 0 Å². The minimum absolute atomic E-state index is 0.0438. The fraction of sp³-hybridized carbons (Fsp3) is 0.538. The largest absolute Gasteiger partial charge is 0.391 e. The van der Waals surface area contributed by atoms with Crippen LogP contribution in [0.1, 0.15) is 18.5 Å². The van der Waals surface area contributed by atoms with Gasteiger partial charge in [-0.1, -0.05) is 12.1 Å². The summed E-state index contributed by atoms with van der Waals surface area (Å²) in [5, 5.41) is 13.2. The van der Waals surface area contributed by atoms with Gasteiger partial charge in [-0.15, -0.1) is 0 Å². The minimum Gasteiger partial charge on any atom is -0.391 e. The number of aliphatic hydroxyl groups is 1. The summed E-state index contributed by atoms with van der Waals surface area (Å²) in [6, 6.07) is 6.38. The van der Waals surface area contributed by atoms with E-state index in [0.717, 1.165) is 31.7 Å². The lowest BCUT2D eigenvalue weighted by Gasteiger charge is -2.36. The van der Waals surface area contributed by atoms with Crippen molar-refractivity contribution in [2.75, 3.05) is 26.2 Å². The fourth-order valence-electron chi connectivity index (χ4n) is 2.41. The number of piperazine rings is 1. The first-order valence-corrected chi connectivity index (χ1v) is 6.07. The van der Waals surface area contributed by atoms with Gasteiger partial charge in [-0.25, -0.2) is 4.39 Å². The highest BCUT2D eigenvalue weighted by Crippen LogP contribution is 2.24. The molecule has 0 aromatic heterocycles. The van der Waals surface area contributed by atoms with Crippen molar-refractivity contribution < 1.29 is 9.50 Å². The van der Waals surface area contributed by atoms with Crippen LogP contribution in [0, 0.1) is 5.82 Å². The summed E-state index contributed by atoms with van der Waals surface area (Å²) >= 11 is 0. The predicted molar refractivity (Wildman–Crippen MR) is 65.3 cm³/mol. The molecule has 2 atom stereocenters. The Bertz CT molecular complexity index is 347. The Morgan fingerprint density at radius 1 is 1.24 bits per heavy atom. The zero-order valence-electron chi connectivity index (χ0n) is 10.1. The Balaban J connectivity index is 2.18. The van der Waals surface area contributed by atoms with Gasteiger partial charge in [0, 0.05) is 26.2 Å². The third kappa shape index (κ3) is 3.03. The average Bonchev–Trinajstić information content (AvgIpc) is 2.33. The Morgan fingerprint density at radius 3 is 2.35 bits per heavy atom. The van der Waals surface area contributed by atoms with Gasteiger partial charge in [0.05, 0.1) is 12.1 Å². The highest BCUT2D eigenvalue weighted by molar-refractivity contribution is 5.21. The van der Waals surface area contributed by atoms with E-state index in [1.54, 1.807) is 19.1 Å². The molecule has 3 nitrogen and oxygen atoms in total. The van der Waals surface area contributed by atoms with E-state index in [1.807, 2.05) is 0 Å². The van der Waals surface area contributed by atoms with Crippen LogP contribution in [0.4, 0.5) is 4.39 Å². The topological polar surface area (TPSA) is 35.5 Å². The highest BCUT2D eigenvalue weighted by Gasteiger charge is 2.25. The maximum Gasteiger partial charge on any atom is 0.123 e. The molecule has 0 bridgehead atoms. The van der Waals surface area contributed by atoms with Crippen LogP contribution in [-0.4, -0.2) is 42.3 Å². The lowest BCUT2D eigenvalue weighted by atomic mass is 10.00. The summed E-state index contributed by atoms with van der Waals surface area (Å²) in [5.41, 5.74) is 0.975. The molecule has 1 heterocycles. The Kier molecular flexibility index (Phi) is 4.10. The molecule has 0 radical (unpaired) electrons. The molecule has 2 N–H and O–H groups in total. The molecule has 0 amide bonds. The van der Waals surface area contributed by atoms with Crippen LogP contribution in [0.15, 0.2) is 24.3 Å². The van der Waals surface area contributed by atoms with Crippen LogP contribution in [0.2, 0.25) is 0 Å². The molecule has 1 fully saturated rings. The van der Waals surface area contributed by atoms with Crippen molar-refractivity contribution in [3.8, 4) is 0 Å². The molecular formula is C13H19FN2O. The monoisotopic (exact) mass is 238 g/mol. The second-order valence-electron chi connectivity index (χ2n) is 4.52. The maximum atomic E-state index is 12.9. The van der Waals surface area contributed by atoms with Gasteiger partial charge in [0.15, 0.2) is 0 Å². The molecule has 17 heavy (non-hydrogen) atoms. The Morgan fingerprint density at radius 2 is 1.82 bits per heavy atom. The van der Waals surface area contributed by atoms with E-state index in [1.165, 1.54) is 12.1 Å². The van der Waals surface area contributed by atoms with Crippen LogP contribution in [0.5, 0.6) is 0 Å². The number of nitrogens with zero attached hydrogens (tertiary/aromatic N) is 1. The van der Waals surface area contributed by atoms with Gasteiger partial charge < -0.3 is 10.4 Å². The van der Waals surface area contributed by atoms with Gasteiger partial charge in [-0.3, -0.25) is 4.90 Å². The first-order chi connectivity index (χ1) is 8.18. The molecule has 2 unspecified atom stereocenters. The molecule has 1 aliphatic heterocycles. The van der Waals surface area contributed by atoms with Crippen LogP contribution < -0.4 is 5.32 Å². The average molecular weight is 238 g/mol. The van der Waals surface area contributed by atoms with Crippen molar-refractivity contribution in [1.82, 2.24) is 10.2 Å². The van der Waals surface area contributed by atoms with Gasteiger partial charge in [-0.2, -0.15) is 0 Å². The van der Waals surface area contributed by atoms with Crippen molar-refractivity contribution >= 4 is 0 Å². The van der Waals surface area contributed by atoms with Crippen molar-refractivity contribution in [3.05, 3.63) is 35.6 Å². The third-order valence-electron chi connectivity index (χ3n) is 3.21. The second kappa shape index (κ2) is 5.58. The molecule has 4 heteroatoms. The number of aliphatic hydroxyl groups excluding tert-OH is 1. The SMILES string of the molecule is CC(O)C(c1ccc(F)cc1)N1CCNCC1. The van der Waals surface area contributed by atoms with Crippen molar-refractivity contribution in [1.29, 1.82) is 0 Å². The number of nitrogens with one attached hydrogen (secondary N) is 1. The lowest BCUT2D eigenvalue weighted by Crippen LogP contribution is -2.47. The summed E-state index contributed by atoms with van der Waals surface area (Å²) < 4.78 is 12.9. The third-order valence-corrected chi connectivity index (χ3v) is 3.21. The number of hydrogen-bond acceptors (Lipinski definition) is 3. The Labute approximate surface area is 101 Å². The van der Waals surface area contributed by atoms with Gasteiger partial charge in [0.1, 0.15) is 5.82 Å². The summed E-state index contributed by atoms with van der Waals surface area (Å²) in [4.78, 5) is 2.24. The molecule has 94 valence electrons. The van der Waals surface area contributed by atoms with Gasteiger partial charge in [0.25, 0.3) is 0 Å². The smallest absolute Gasteiger partial charge is 0.123 e. The standard InChI is InChI=1S/C13H19FN2O/c1-10(17)13(16-8-6-15-7-9-16)11-2-4-12(14)5-3-11/h2-5,10,13,15,17H,6-9H2,1H3. The van der Waals surface area contributed by atoms with Crippen molar-refractivity contribution in [2.45, 2.75) is 19.1 Å². The Hall–Kier alpha value is -0.970. The molecule has 0 saturated carbocycles. The van der Waals surface area contributed by atoms with E-state index in [-0.39, 0.29) is 11.9 Å². The minimum atomic E-state index is -0.460. The van der Waals surface area contributed by atoms with Gasteiger partial charge in [-0.05, 0) is 24.6 Å². The van der Waals surface area contributed by atoms with Crippen molar-refractivity contribution in [3.63, 3.8) is 0 Å². The zero-order chi connectivity index (χ0) is 12.3. The van der Waals surface area contributed by atoms with E-state index in [4.69, 9.17) is 0 Å². The van der Waals surface area contributed by atoms with E-state index in [0.29, 0.717) is 0 Å². The second-order valence-corrected chi connectivity index (χ2v) is 4.52. The summed E-state index contributed by atoms with van der Waals surface area (Å²) in [6.45, 7) is 5.48. The summed E-state index contributed by atoms with van der Waals surface area (Å²) in [7, 11) is 0. The molecule has 1 saturated heterocycles. The number of hydrogen-bond donors (Lipinski definition) is 2. The highest BCUT2D eigenvalue weighted by atomic mass is 19.1. The zero-order valence-corrected chi connectivity index (χ0v) is 10.1. The first-order valence-electron chi connectivity index (χ1n) is 6.07. The normalized spacial score (nSPS) is 21.1. The number of rotatable bonds is 3. The van der Waals surface area contributed by atoms with Crippen LogP contribution in [-0.2, 0) is 0 Å².